The Morgan fingerprint density at radius 1 is 1.17 bits per heavy atom. The summed E-state index contributed by atoms with van der Waals surface area (Å²) in [5.41, 5.74) is 5.21. The van der Waals surface area contributed by atoms with Crippen LogP contribution in [0.1, 0.15) is 66.7 Å². The van der Waals surface area contributed by atoms with E-state index in [9.17, 15) is 4.79 Å². The Hall–Kier alpha value is -2.33. The van der Waals surface area contributed by atoms with Crippen LogP contribution in [0.3, 0.4) is 0 Å². The highest BCUT2D eigenvalue weighted by Crippen LogP contribution is 2.44. The SMILES string of the molecule is COc1cccc2c1CCCC2CCC(=O)N1CCC2(CC1)OCc1ccccc12. The second kappa shape index (κ2) is 8.07. The third-order valence-corrected chi connectivity index (χ3v) is 7.45. The van der Waals surface area contributed by atoms with Crippen molar-refractivity contribution in [1.29, 1.82) is 0 Å². The monoisotopic (exact) mass is 405 g/mol. The van der Waals surface area contributed by atoms with Gasteiger partial charge >= 0.3 is 0 Å². The largest absolute Gasteiger partial charge is 0.496 e. The first-order valence-electron chi connectivity index (χ1n) is 11.4. The van der Waals surface area contributed by atoms with Crippen molar-refractivity contribution in [3.8, 4) is 5.75 Å². The van der Waals surface area contributed by atoms with Crippen LogP contribution in [-0.4, -0.2) is 31.0 Å². The number of carbonyl (C=O) groups is 1. The summed E-state index contributed by atoms with van der Waals surface area (Å²) in [6.07, 6.45) is 6.79. The van der Waals surface area contributed by atoms with Crippen LogP contribution in [-0.2, 0) is 28.2 Å². The van der Waals surface area contributed by atoms with Crippen molar-refractivity contribution in [2.45, 2.75) is 63.1 Å². The molecule has 1 atom stereocenters. The zero-order valence-electron chi connectivity index (χ0n) is 17.9. The van der Waals surface area contributed by atoms with Gasteiger partial charge in [-0.2, -0.15) is 0 Å². The van der Waals surface area contributed by atoms with Gasteiger partial charge in [0.05, 0.1) is 19.3 Å². The number of hydrogen-bond donors (Lipinski definition) is 0. The third-order valence-electron chi connectivity index (χ3n) is 7.45. The van der Waals surface area contributed by atoms with E-state index in [2.05, 4.69) is 47.4 Å². The Balaban J connectivity index is 1.20. The number of carbonyl (C=O) groups excluding carboxylic acids is 1. The molecule has 0 N–H and O–H groups in total. The Labute approximate surface area is 179 Å². The molecule has 158 valence electrons. The number of amides is 1. The molecule has 2 heterocycles. The van der Waals surface area contributed by atoms with Crippen LogP contribution in [0.4, 0.5) is 0 Å². The van der Waals surface area contributed by atoms with Crippen molar-refractivity contribution in [2.75, 3.05) is 20.2 Å². The summed E-state index contributed by atoms with van der Waals surface area (Å²) in [5, 5.41) is 0. The average Bonchev–Trinajstić information content (AvgIpc) is 3.15. The van der Waals surface area contributed by atoms with Crippen LogP contribution < -0.4 is 4.74 Å². The lowest BCUT2D eigenvalue weighted by Gasteiger charge is -2.39. The van der Waals surface area contributed by atoms with Crippen LogP contribution >= 0.6 is 0 Å². The maximum absolute atomic E-state index is 13.0. The summed E-state index contributed by atoms with van der Waals surface area (Å²) in [4.78, 5) is 15.0. The minimum absolute atomic E-state index is 0.174. The van der Waals surface area contributed by atoms with E-state index < -0.39 is 0 Å². The van der Waals surface area contributed by atoms with E-state index in [1.807, 2.05) is 0 Å². The normalized spacial score (nSPS) is 21.9. The fourth-order valence-electron chi connectivity index (χ4n) is 5.78. The first-order valence-corrected chi connectivity index (χ1v) is 11.4. The maximum atomic E-state index is 13.0. The van der Waals surface area contributed by atoms with Crippen molar-refractivity contribution in [3.63, 3.8) is 0 Å². The van der Waals surface area contributed by atoms with Gasteiger partial charge in [-0.15, -0.1) is 0 Å². The van der Waals surface area contributed by atoms with Crippen molar-refractivity contribution in [3.05, 3.63) is 64.7 Å². The number of likely N-dealkylation sites (tertiary alicyclic amines) is 1. The summed E-state index contributed by atoms with van der Waals surface area (Å²) in [5.74, 6) is 1.77. The van der Waals surface area contributed by atoms with Gasteiger partial charge in [0.2, 0.25) is 5.91 Å². The van der Waals surface area contributed by atoms with Crippen LogP contribution in [0.25, 0.3) is 0 Å². The molecule has 1 unspecified atom stereocenters. The van der Waals surface area contributed by atoms with Crippen molar-refractivity contribution >= 4 is 5.91 Å². The molecular formula is C26H31NO3. The van der Waals surface area contributed by atoms with E-state index in [-0.39, 0.29) is 5.60 Å². The summed E-state index contributed by atoms with van der Waals surface area (Å²) < 4.78 is 11.8. The molecule has 2 aromatic carbocycles. The standard InChI is InChI=1S/C26H31NO3/c1-29-24-11-5-8-21-19(7-4-9-22(21)24)12-13-25(28)27-16-14-26(15-17-27)23-10-3-2-6-20(23)18-30-26/h2-3,5-6,8,10-11,19H,4,7,9,12-18H2,1H3. The number of rotatable bonds is 4. The van der Waals surface area contributed by atoms with Gasteiger partial charge in [0.1, 0.15) is 5.75 Å². The number of nitrogens with zero attached hydrogens (tertiary/aromatic N) is 1. The van der Waals surface area contributed by atoms with Gasteiger partial charge in [-0.05, 0) is 72.8 Å². The molecule has 2 aromatic rings. The number of ether oxygens (including phenoxy) is 2. The van der Waals surface area contributed by atoms with Gasteiger partial charge in [-0.3, -0.25) is 4.79 Å². The quantitative estimate of drug-likeness (QED) is 0.723. The summed E-state index contributed by atoms with van der Waals surface area (Å²) in [6.45, 7) is 2.29. The predicted molar refractivity (Wildman–Crippen MR) is 117 cm³/mol. The second-order valence-corrected chi connectivity index (χ2v) is 8.98. The van der Waals surface area contributed by atoms with E-state index in [4.69, 9.17) is 9.47 Å². The molecule has 30 heavy (non-hydrogen) atoms. The van der Waals surface area contributed by atoms with Crippen LogP contribution in [0.15, 0.2) is 42.5 Å². The smallest absolute Gasteiger partial charge is 0.222 e. The highest BCUT2D eigenvalue weighted by molar-refractivity contribution is 5.76. The Morgan fingerprint density at radius 2 is 2.00 bits per heavy atom. The number of benzene rings is 2. The zero-order valence-corrected chi connectivity index (χ0v) is 17.9. The van der Waals surface area contributed by atoms with E-state index in [0.717, 1.165) is 44.5 Å². The molecule has 5 rings (SSSR count). The summed E-state index contributed by atoms with van der Waals surface area (Å²) >= 11 is 0. The average molecular weight is 406 g/mol. The van der Waals surface area contributed by atoms with Crippen molar-refractivity contribution < 1.29 is 14.3 Å². The van der Waals surface area contributed by atoms with E-state index in [0.29, 0.717) is 24.9 Å². The van der Waals surface area contributed by atoms with Crippen LogP contribution in [0.5, 0.6) is 5.75 Å². The molecule has 1 fully saturated rings. The van der Waals surface area contributed by atoms with Crippen LogP contribution in [0, 0.1) is 0 Å². The van der Waals surface area contributed by atoms with Gasteiger partial charge in [0.15, 0.2) is 0 Å². The first kappa shape index (κ1) is 19.6. The number of fused-ring (bicyclic) bond motifs is 3. The summed E-state index contributed by atoms with van der Waals surface area (Å²) in [7, 11) is 1.75. The molecule has 1 spiro atoms. The molecule has 0 radical (unpaired) electrons. The second-order valence-electron chi connectivity index (χ2n) is 8.98. The molecule has 1 aliphatic carbocycles. The maximum Gasteiger partial charge on any atom is 0.222 e. The number of methoxy groups -OCH3 is 1. The molecule has 4 heteroatoms. The van der Waals surface area contributed by atoms with E-state index in [1.165, 1.54) is 35.1 Å². The molecule has 1 saturated heterocycles. The van der Waals surface area contributed by atoms with Gasteiger partial charge in [-0.1, -0.05) is 36.4 Å². The van der Waals surface area contributed by atoms with Crippen molar-refractivity contribution in [2.24, 2.45) is 0 Å². The molecule has 2 aliphatic heterocycles. The minimum atomic E-state index is -0.174. The number of hydrogen-bond acceptors (Lipinski definition) is 3. The first-order chi connectivity index (χ1) is 14.7. The Kier molecular flexibility index (Phi) is 5.28. The van der Waals surface area contributed by atoms with E-state index >= 15 is 0 Å². The fourth-order valence-corrected chi connectivity index (χ4v) is 5.78. The van der Waals surface area contributed by atoms with Gasteiger partial charge in [0.25, 0.3) is 0 Å². The number of piperidine rings is 1. The molecule has 4 nitrogen and oxygen atoms in total. The highest BCUT2D eigenvalue weighted by Gasteiger charge is 2.43. The Bertz CT molecular complexity index is 930. The lowest BCUT2D eigenvalue weighted by Crippen LogP contribution is -2.45. The minimum Gasteiger partial charge on any atom is -0.496 e. The summed E-state index contributed by atoms with van der Waals surface area (Å²) in [6, 6.07) is 14.9. The molecule has 1 amide bonds. The zero-order chi connectivity index (χ0) is 20.6. The predicted octanol–water partition coefficient (Wildman–Crippen LogP) is 4.94. The van der Waals surface area contributed by atoms with Gasteiger partial charge < -0.3 is 14.4 Å². The third kappa shape index (κ3) is 3.41. The highest BCUT2D eigenvalue weighted by atomic mass is 16.5. The lowest BCUT2D eigenvalue weighted by molar-refractivity contribution is -0.138. The van der Waals surface area contributed by atoms with Gasteiger partial charge in [0, 0.05) is 19.5 Å². The van der Waals surface area contributed by atoms with E-state index in [1.54, 1.807) is 7.11 Å². The molecule has 0 bridgehead atoms. The topological polar surface area (TPSA) is 38.8 Å². The lowest BCUT2D eigenvalue weighted by atomic mass is 9.80. The molecule has 0 aromatic heterocycles. The van der Waals surface area contributed by atoms with Gasteiger partial charge in [-0.25, -0.2) is 0 Å². The molecular weight excluding hydrogens is 374 g/mol. The Morgan fingerprint density at radius 3 is 2.83 bits per heavy atom. The molecule has 0 saturated carbocycles. The molecule has 3 aliphatic rings. The van der Waals surface area contributed by atoms with Crippen LogP contribution in [0.2, 0.25) is 0 Å². The van der Waals surface area contributed by atoms with Crippen molar-refractivity contribution in [1.82, 2.24) is 4.90 Å². The fraction of sp³-hybridized carbons (Fsp3) is 0.500.